The highest BCUT2D eigenvalue weighted by atomic mass is 19.1. The molecule has 0 bridgehead atoms. The van der Waals surface area contributed by atoms with Gasteiger partial charge in [-0.25, -0.2) is 14.4 Å². The molecule has 0 amide bonds. The van der Waals surface area contributed by atoms with Gasteiger partial charge in [0.15, 0.2) is 11.5 Å². The number of halogens is 1. The molecule has 29 heavy (non-hydrogen) atoms. The lowest BCUT2D eigenvalue weighted by molar-refractivity contribution is 0.122. The Balaban J connectivity index is 0.00000117. The molecule has 0 unspecified atom stereocenters. The predicted octanol–water partition coefficient (Wildman–Crippen LogP) is 3.29. The van der Waals surface area contributed by atoms with Crippen molar-refractivity contribution in [3.05, 3.63) is 41.9 Å². The molecular formula is C21H28FN5O2. The first-order valence-corrected chi connectivity index (χ1v) is 9.99. The van der Waals surface area contributed by atoms with E-state index in [2.05, 4.69) is 14.9 Å². The standard InChI is InChI=1S/C19H22FN5O2.C2H6/c1-13-17(14-11-15(20)16(22-12-14)3-8-26-2)25-5-4-21-18(19(25)23-13)24-6-9-27-10-7-24;1-2/h4-5,11-12H,3,6-10H2,1-2H3;1-2H3. The zero-order chi connectivity index (χ0) is 20.8. The molecule has 156 valence electrons. The molecule has 7 nitrogen and oxygen atoms in total. The van der Waals surface area contributed by atoms with Gasteiger partial charge in [0.2, 0.25) is 0 Å². The molecule has 1 fully saturated rings. The Morgan fingerprint density at radius 3 is 2.66 bits per heavy atom. The molecule has 0 aliphatic carbocycles. The van der Waals surface area contributed by atoms with Gasteiger partial charge in [-0.2, -0.15) is 0 Å². The largest absolute Gasteiger partial charge is 0.384 e. The molecule has 1 aliphatic heterocycles. The molecule has 4 rings (SSSR count). The van der Waals surface area contributed by atoms with E-state index >= 15 is 0 Å². The maximum Gasteiger partial charge on any atom is 0.181 e. The number of anilines is 1. The maximum atomic E-state index is 14.5. The first-order valence-electron chi connectivity index (χ1n) is 9.99. The van der Waals surface area contributed by atoms with Gasteiger partial charge in [-0.05, 0) is 13.0 Å². The van der Waals surface area contributed by atoms with Crippen molar-refractivity contribution in [3.63, 3.8) is 0 Å². The normalized spacial score (nSPS) is 14.0. The summed E-state index contributed by atoms with van der Waals surface area (Å²) in [6, 6.07) is 1.52. The van der Waals surface area contributed by atoms with Crippen molar-refractivity contribution in [3.8, 4) is 11.3 Å². The number of fused-ring (bicyclic) bond motifs is 1. The van der Waals surface area contributed by atoms with Gasteiger partial charge in [0.05, 0.1) is 36.9 Å². The number of nitrogens with zero attached hydrogens (tertiary/aromatic N) is 5. The number of aromatic nitrogens is 4. The van der Waals surface area contributed by atoms with Gasteiger partial charge in [-0.15, -0.1) is 0 Å². The van der Waals surface area contributed by atoms with E-state index in [-0.39, 0.29) is 5.82 Å². The number of rotatable bonds is 5. The van der Waals surface area contributed by atoms with E-state index in [0.29, 0.717) is 37.5 Å². The Hall–Kier alpha value is -2.58. The number of pyridine rings is 1. The third-order valence-electron chi connectivity index (χ3n) is 4.74. The molecule has 0 aromatic carbocycles. The minimum absolute atomic E-state index is 0.332. The van der Waals surface area contributed by atoms with Crippen LogP contribution in [0.15, 0.2) is 24.7 Å². The van der Waals surface area contributed by atoms with Gasteiger partial charge >= 0.3 is 0 Å². The quantitative estimate of drug-likeness (QED) is 0.654. The summed E-state index contributed by atoms with van der Waals surface area (Å²) in [7, 11) is 1.59. The SMILES string of the molecule is CC.COCCc1ncc(-c2c(C)nc3c(N4CCOCC4)nccn23)cc1F. The molecule has 0 N–H and O–H groups in total. The number of ether oxygens (including phenoxy) is 2. The van der Waals surface area contributed by atoms with E-state index in [1.54, 1.807) is 19.5 Å². The zero-order valence-corrected chi connectivity index (χ0v) is 17.5. The fourth-order valence-electron chi connectivity index (χ4n) is 3.40. The fourth-order valence-corrected chi connectivity index (χ4v) is 3.40. The van der Waals surface area contributed by atoms with Crippen LogP contribution in [0.5, 0.6) is 0 Å². The second-order valence-corrected chi connectivity index (χ2v) is 6.49. The van der Waals surface area contributed by atoms with Crippen LogP contribution in [0, 0.1) is 12.7 Å². The molecule has 1 aliphatic rings. The monoisotopic (exact) mass is 401 g/mol. The van der Waals surface area contributed by atoms with Crippen LogP contribution in [0.25, 0.3) is 16.9 Å². The lowest BCUT2D eigenvalue weighted by Crippen LogP contribution is -2.37. The molecule has 8 heteroatoms. The van der Waals surface area contributed by atoms with Crippen LogP contribution in [0.3, 0.4) is 0 Å². The van der Waals surface area contributed by atoms with Crippen LogP contribution in [-0.2, 0) is 15.9 Å². The van der Waals surface area contributed by atoms with E-state index in [1.165, 1.54) is 6.07 Å². The molecule has 3 aromatic rings. The Bertz CT molecular complexity index is 954. The first-order chi connectivity index (χ1) is 14.2. The number of hydrogen-bond acceptors (Lipinski definition) is 6. The second kappa shape index (κ2) is 9.76. The summed E-state index contributed by atoms with van der Waals surface area (Å²) in [5.74, 6) is 0.488. The third kappa shape index (κ3) is 4.38. The Morgan fingerprint density at radius 1 is 1.21 bits per heavy atom. The summed E-state index contributed by atoms with van der Waals surface area (Å²) < 4.78 is 26.9. The summed E-state index contributed by atoms with van der Waals surface area (Å²) in [5.41, 5.74) is 3.49. The van der Waals surface area contributed by atoms with Gasteiger partial charge in [0.25, 0.3) is 0 Å². The highest BCUT2D eigenvalue weighted by Gasteiger charge is 2.20. The van der Waals surface area contributed by atoms with Crippen molar-refractivity contribution in [2.45, 2.75) is 27.2 Å². The van der Waals surface area contributed by atoms with E-state index in [9.17, 15) is 4.39 Å². The van der Waals surface area contributed by atoms with Gasteiger partial charge in [-0.1, -0.05) is 13.8 Å². The smallest absolute Gasteiger partial charge is 0.181 e. The third-order valence-corrected chi connectivity index (χ3v) is 4.74. The molecule has 0 spiro atoms. The lowest BCUT2D eigenvalue weighted by Gasteiger charge is -2.27. The average molecular weight is 401 g/mol. The summed E-state index contributed by atoms with van der Waals surface area (Å²) in [6.07, 6.45) is 5.74. The maximum absolute atomic E-state index is 14.5. The molecule has 0 radical (unpaired) electrons. The molecule has 1 saturated heterocycles. The highest BCUT2D eigenvalue weighted by molar-refractivity contribution is 5.73. The minimum atomic E-state index is -0.332. The van der Waals surface area contributed by atoms with Crippen molar-refractivity contribution < 1.29 is 13.9 Å². The number of aryl methyl sites for hydroxylation is 1. The number of morpholine rings is 1. The molecule has 0 saturated carbocycles. The summed E-state index contributed by atoms with van der Waals surface area (Å²) in [5, 5.41) is 0. The number of imidazole rings is 1. The molecule has 4 heterocycles. The van der Waals surface area contributed by atoms with Crippen LogP contribution in [0.1, 0.15) is 25.2 Å². The second-order valence-electron chi connectivity index (χ2n) is 6.49. The first kappa shape index (κ1) is 21.1. The molecular weight excluding hydrogens is 373 g/mol. The average Bonchev–Trinajstić information content (AvgIpc) is 3.10. The zero-order valence-electron chi connectivity index (χ0n) is 17.5. The summed E-state index contributed by atoms with van der Waals surface area (Å²) >= 11 is 0. The van der Waals surface area contributed by atoms with Crippen LogP contribution in [0.4, 0.5) is 10.2 Å². The van der Waals surface area contributed by atoms with Crippen molar-refractivity contribution in [1.29, 1.82) is 0 Å². The minimum Gasteiger partial charge on any atom is -0.384 e. The number of hydrogen-bond donors (Lipinski definition) is 0. The van der Waals surface area contributed by atoms with Gasteiger partial charge in [0, 0.05) is 50.8 Å². The van der Waals surface area contributed by atoms with Crippen molar-refractivity contribution >= 4 is 11.5 Å². The highest BCUT2D eigenvalue weighted by Crippen LogP contribution is 2.29. The lowest BCUT2D eigenvalue weighted by atomic mass is 10.1. The van der Waals surface area contributed by atoms with Crippen LogP contribution in [-0.4, -0.2) is 59.4 Å². The molecule has 3 aromatic heterocycles. The van der Waals surface area contributed by atoms with E-state index in [0.717, 1.165) is 35.9 Å². The number of methoxy groups -OCH3 is 1. The Labute approximate surface area is 170 Å². The van der Waals surface area contributed by atoms with E-state index in [1.807, 2.05) is 31.4 Å². The molecule has 0 atom stereocenters. The van der Waals surface area contributed by atoms with Crippen molar-refractivity contribution in [2.24, 2.45) is 0 Å². The van der Waals surface area contributed by atoms with Gasteiger partial charge in [0.1, 0.15) is 5.82 Å². The Kier molecular flexibility index (Phi) is 7.11. The van der Waals surface area contributed by atoms with E-state index < -0.39 is 0 Å². The van der Waals surface area contributed by atoms with Crippen LogP contribution >= 0.6 is 0 Å². The summed E-state index contributed by atoms with van der Waals surface area (Å²) in [6.45, 7) is 9.26. The van der Waals surface area contributed by atoms with Crippen LogP contribution in [0.2, 0.25) is 0 Å². The predicted molar refractivity (Wildman–Crippen MR) is 111 cm³/mol. The van der Waals surface area contributed by atoms with Crippen molar-refractivity contribution in [2.75, 3.05) is 44.9 Å². The van der Waals surface area contributed by atoms with Crippen LogP contribution < -0.4 is 4.90 Å². The Morgan fingerprint density at radius 2 is 1.97 bits per heavy atom. The van der Waals surface area contributed by atoms with E-state index in [4.69, 9.17) is 14.5 Å². The van der Waals surface area contributed by atoms with Crippen molar-refractivity contribution in [1.82, 2.24) is 19.4 Å². The topological polar surface area (TPSA) is 64.8 Å². The van der Waals surface area contributed by atoms with Gasteiger partial charge < -0.3 is 14.4 Å². The van der Waals surface area contributed by atoms with Gasteiger partial charge in [-0.3, -0.25) is 9.38 Å². The summed E-state index contributed by atoms with van der Waals surface area (Å²) in [4.78, 5) is 15.7. The fraction of sp³-hybridized carbons (Fsp3) is 0.476.